The highest BCUT2D eigenvalue weighted by atomic mass is 32.2. The third-order valence-corrected chi connectivity index (χ3v) is 4.54. The maximum absolute atomic E-state index is 12.9. The van der Waals surface area contributed by atoms with Crippen molar-refractivity contribution in [3.8, 4) is 0 Å². The van der Waals surface area contributed by atoms with Crippen molar-refractivity contribution in [2.75, 3.05) is 0 Å². The Labute approximate surface area is 107 Å². The normalized spacial score (nSPS) is 14.5. The summed E-state index contributed by atoms with van der Waals surface area (Å²) in [6.07, 6.45) is 0. The lowest BCUT2D eigenvalue weighted by atomic mass is 10.1. The molecule has 0 fully saturated rings. The standard InChI is InChI=1S/C11H12FN3S2/c1-7(13)10(17-11-15-14-6-16-11)8-2-4-9(12)5-3-8/h2-7,10H,13H2,1H3. The predicted octanol–water partition coefficient (Wildman–Crippen LogP) is 2.86. The molecule has 0 aliphatic heterocycles. The molecule has 0 aliphatic rings. The van der Waals surface area contributed by atoms with Gasteiger partial charge in [-0.05, 0) is 24.6 Å². The summed E-state index contributed by atoms with van der Waals surface area (Å²) in [5, 5.41) is 7.83. The first-order valence-electron chi connectivity index (χ1n) is 5.10. The Hall–Kier alpha value is -0.980. The fourth-order valence-electron chi connectivity index (χ4n) is 1.45. The Kier molecular flexibility index (Phi) is 4.09. The van der Waals surface area contributed by atoms with E-state index in [4.69, 9.17) is 5.73 Å². The molecule has 3 nitrogen and oxygen atoms in total. The molecular formula is C11H12FN3S2. The van der Waals surface area contributed by atoms with E-state index in [0.717, 1.165) is 9.90 Å². The first kappa shape index (κ1) is 12.5. The smallest absolute Gasteiger partial charge is 0.174 e. The van der Waals surface area contributed by atoms with Crippen LogP contribution in [0.3, 0.4) is 0 Å². The van der Waals surface area contributed by atoms with Gasteiger partial charge >= 0.3 is 0 Å². The van der Waals surface area contributed by atoms with Crippen molar-refractivity contribution in [1.82, 2.24) is 10.2 Å². The molecular weight excluding hydrogens is 257 g/mol. The van der Waals surface area contributed by atoms with Crippen molar-refractivity contribution in [3.63, 3.8) is 0 Å². The molecule has 1 aromatic heterocycles. The fraction of sp³-hybridized carbons (Fsp3) is 0.273. The van der Waals surface area contributed by atoms with Crippen LogP contribution in [0.2, 0.25) is 0 Å². The average Bonchev–Trinajstić information content (AvgIpc) is 2.80. The van der Waals surface area contributed by atoms with Crippen LogP contribution in [0.25, 0.3) is 0 Å². The van der Waals surface area contributed by atoms with Crippen LogP contribution < -0.4 is 5.73 Å². The fourth-order valence-corrected chi connectivity index (χ4v) is 3.21. The van der Waals surface area contributed by atoms with Gasteiger partial charge in [0.05, 0.1) is 5.25 Å². The first-order valence-corrected chi connectivity index (χ1v) is 6.86. The third-order valence-electron chi connectivity index (χ3n) is 2.24. The number of benzene rings is 1. The second kappa shape index (κ2) is 5.57. The number of hydrogen-bond acceptors (Lipinski definition) is 5. The zero-order valence-corrected chi connectivity index (χ0v) is 10.8. The minimum Gasteiger partial charge on any atom is -0.327 e. The highest BCUT2D eigenvalue weighted by Crippen LogP contribution is 2.37. The van der Waals surface area contributed by atoms with Gasteiger partial charge in [0.1, 0.15) is 11.3 Å². The number of nitrogens with zero attached hydrogens (tertiary/aromatic N) is 2. The van der Waals surface area contributed by atoms with E-state index in [1.54, 1.807) is 29.4 Å². The summed E-state index contributed by atoms with van der Waals surface area (Å²) in [6, 6.07) is 6.38. The van der Waals surface area contributed by atoms with Crippen molar-refractivity contribution >= 4 is 23.1 Å². The molecule has 0 saturated heterocycles. The van der Waals surface area contributed by atoms with Crippen LogP contribution in [0, 0.1) is 5.82 Å². The second-order valence-corrected chi connectivity index (χ2v) is 5.88. The van der Waals surface area contributed by atoms with Crippen LogP contribution in [0.1, 0.15) is 17.7 Å². The van der Waals surface area contributed by atoms with Crippen LogP contribution >= 0.6 is 23.1 Å². The van der Waals surface area contributed by atoms with Crippen LogP contribution in [-0.2, 0) is 0 Å². The largest absolute Gasteiger partial charge is 0.327 e. The van der Waals surface area contributed by atoms with Crippen LogP contribution in [-0.4, -0.2) is 16.2 Å². The van der Waals surface area contributed by atoms with Gasteiger partial charge < -0.3 is 5.73 Å². The van der Waals surface area contributed by atoms with Gasteiger partial charge in [-0.3, -0.25) is 0 Å². The maximum Gasteiger partial charge on any atom is 0.174 e. The Morgan fingerprint density at radius 2 is 2.06 bits per heavy atom. The number of halogens is 1. The molecule has 0 saturated carbocycles. The Morgan fingerprint density at radius 1 is 1.35 bits per heavy atom. The van der Waals surface area contributed by atoms with Crippen LogP contribution in [0.4, 0.5) is 4.39 Å². The average molecular weight is 269 g/mol. The molecule has 2 atom stereocenters. The lowest BCUT2D eigenvalue weighted by molar-refractivity contribution is 0.625. The monoisotopic (exact) mass is 269 g/mol. The van der Waals surface area contributed by atoms with Crippen molar-refractivity contribution in [1.29, 1.82) is 0 Å². The molecule has 2 N–H and O–H groups in total. The quantitative estimate of drug-likeness (QED) is 0.867. The first-order chi connectivity index (χ1) is 8.16. The van der Waals surface area contributed by atoms with E-state index in [-0.39, 0.29) is 17.1 Å². The maximum atomic E-state index is 12.9. The minimum atomic E-state index is -0.238. The summed E-state index contributed by atoms with van der Waals surface area (Å²) in [4.78, 5) is 0. The Bertz CT molecular complexity index is 456. The summed E-state index contributed by atoms with van der Waals surface area (Å²) >= 11 is 3.04. The summed E-state index contributed by atoms with van der Waals surface area (Å²) in [6.45, 7) is 1.93. The molecule has 0 aliphatic carbocycles. The molecule has 2 aromatic rings. The molecule has 2 unspecified atom stereocenters. The molecule has 2 rings (SSSR count). The number of rotatable bonds is 4. The van der Waals surface area contributed by atoms with Crippen molar-refractivity contribution in [2.24, 2.45) is 5.73 Å². The summed E-state index contributed by atoms with van der Waals surface area (Å²) in [7, 11) is 0. The van der Waals surface area contributed by atoms with E-state index in [0.29, 0.717) is 0 Å². The number of aromatic nitrogens is 2. The lowest BCUT2D eigenvalue weighted by Crippen LogP contribution is -2.22. The predicted molar refractivity (Wildman–Crippen MR) is 68.6 cm³/mol. The van der Waals surface area contributed by atoms with Gasteiger partial charge in [0, 0.05) is 6.04 Å². The number of nitrogens with two attached hydrogens (primary N) is 1. The van der Waals surface area contributed by atoms with E-state index < -0.39 is 0 Å². The minimum absolute atomic E-state index is 0.0469. The lowest BCUT2D eigenvalue weighted by Gasteiger charge is -2.19. The SMILES string of the molecule is CC(N)C(Sc1nncs1)c1ccc(F)cc1. The van der Waals surface area contributed by atoms with Crippen LogP contribution in [0.15, 0.2) is 34.1 Å². The van der Waals surface area contributed by atoms with E-state index in [2.05, 4.69) is 10.2 Å². The van der Waals surface area contributed by atoms with E-state index >= 15 is 0 Å². The Morgan fingerprint density at radius 3 is 2.59 bits per heavy atom. The zero-order chi connectivity index (χ0) is 12.3. The molecule has 0 bridgehead atoms. The van der Waals surface area contributed by atoms with Gasteiger partial charge in [-0.25, -0.2) is 4.39 Å². The van der Waals surface area contributed by atoms with Crippen LogP contribution in [0.5, 0.6) is 0 Å². The van der Waals surface area contributed by atoms with Crippen molar-refractivity contribution in [3.05, 3.63) is 41.2 Å². The second-order valence-electron chi connectivity index (χ2n) is 3.65. The van der Waals surface area contributed by atoms with Gasteiger partial charge in [0.25, 0.3) is 0 Å². The molecule has 17 heavy (non-hydrogen) atoms. The topological polar surface area (TPSA) is 51.8 Å². The highest BCUT2D eigenvalue weighted by molar-refractivity contribution is 8.01. The zero-order valence-electron chi connectivity index (χ0n) is 9.21. The van der Waals surface area contributed by atoms with Gasteiger partial charge in [0.2, 0.25) is 0 Å². The van der Waals surface area contributed by atoms with E-state index in [9.17, 15) is 4.39 Å². The van der Waals surface area contributed by atoms with Gasteiger partial charge in [-0.2, -0.15) is 0 Å². The number of hydrogen-bond donors (Lipinski definition) is 1. The van der Waals surface area contributed by atoms with Gasteiger partial charge in [-0.15, -0.1) is 10.2 Å². The van der Waals surface area contributed by atoms with Crippen molar-refractivity contribution in [2.45, 2.75) is 22.6 Å². The molecule has 90 valence electrons. The van der Waals surface area contributed by atoms with Crippen molar-refractivity contribution < 1.29 is 4.39 Å². The van der Waals surface area contributed by atoms with Gasteiger partial charge in [-0.1, -0.05) is 35.2 Å². The highest BCUT2D eigenvalue weighted by Gasteiger charge is 2.19. The summed E-state index contributed by atoms with van der Waals surface area (Å²) in [5.74, 6) is -0.238. The Balaban J connectivity index is 2.20. The molecule has 0 spiro atoms. The molecule has 0 radical (unpaired) electrons. The summed E-state index contributed by atoms with van der Waals surface area (Å²) in [5.41, 5.74) is 8.65. The summed E-state index contributed by atoms with van der Waals surface area (Å²) < 4.78 is 13.7. The molecule has 1 heterocycles. The third kappa shape index (κ3) is 3.24. The molecule has 0 amide bonds. The molecule has 1 aromatic carbocycles. The van der Waals surface area contributed by atoms with E-state index in [1.807, 2.05) is 6.92 Å². The number of thioether (sulfide) groups is 1. The van der Waals surface area contributed by atoms with Gasteiger partial charge in [0.15, 0.2) is 4.34 Å². The van der Waals surface area contributed by atoms with E-state index in [1.165, 1.54) is 23.5 Å². The molecule has 6 heteroatoms.